The summed E-state index contributed by atoms with van der Waals surface area (Å²) in [6, 6.07) is 3.60. The molecule has 2 aromatic rings. The molecule has 1 aromatic carbocycles. The van der Waals surface area contributed by atoms with Crippen LogP contribution in [0.1, 0.15) is 0 Å². The minimum Gasteiger partial charge on any atom is -0.493 e. The van der Waals surface area contributed by atoms with Gasteiger partial charge in [0.25, 0.3) is 0 Å². The van der Waals surface area contributed by atoms with E-state index in [1.54, 1.807) is 27.3 Å². The molecule has 0 aliphatic heterocycles. The predicted octanol–water partition coefficient (Wildman–Crippen LogP) is 1.27. The zero-order chi connectivity index (χ0) is 12.4. The van der Waals surface area contributed by atoms with Crippen LogP contribution in [0.15, 0.2) is 12.1 Å². The molecule has 0 spiro atoms. The van der Waals surface area contributed by atoms with E-state index in [0.29, 0.717) is 34.2 Å². The molecule has 0 unspecified atom stereocenters. The molecule has 3 N–H and O–H groups in total. The van der Waals surface area contributed by atoms with E-state index in [4.69, 9.17) is 15.2 Å². The Kier molecular flexibility index (Phi) is 2.86. The number of anilines is 2. The normalized spacial score (nSPS) is 10.3. The molecule has 1 heterocycles. The molecule has 17 heavy (non-hydrogen) atoms. The van der Waals surface area contributed by atoms with Gasteiger partial charge in [0.05, 0.1) is 25.1 Å². The smallest absolute Gasteiger partial charge is 0.224 e. The van der Waals surface area contributed by atoms with Gasteiger partial charge in [-0.1, -0.05) is 0 Å². The van der Waals surface area contributed by atoms with Gasteiger partial charge in [-0.25, -0.2) is 4.98 Å². The first-order chi connectivity index (χ1) is 8.21. The molecule has 0 aliphatic rings. The summed E-state index contributed by atoms with van der Waals surface area (Å²) in [6.07, 6.45) is 0. The topological polar surface area (TPSA) is 82.3 Å². The van der Waals surface area contributed by atoms with E-state index in [1.807, 2.05) is 6.07 Å². The van der Waals surface area contributed by atoms with Gasteiger partial charge in [0.1, 0.15) is 5.82 Å². The molecule has 2 rings (SSSR count). The maximum Gasteiger partial charge on any atom is 0.224 e. The number of benzene rings is 1. The summed E-state index contributed by atoms with van der Waals surface area (Å²) in [5, 5.41) is 3.51. The van der Waals surface area contributed by atoms with Crippen LogP contribution < -0.4 is 20.5 Å². The van der Waals surface area contributed by atoms with Gasteiger partial charge in [0.15, 0.2) is 11.5 Å². The van der Waals surface area contributed by atoms with Crippen LogP contribution in [0.2, 0.25) is 0 Å². The number of nitrogens with zero attached hydrogens (tertiary/aromatic N) is 2. The lowest BCUT2D eigenvalue weighted by atomic mass is 10.2. The van der Waals surface area contributed by atoms with E-state index in [1.165, 1.54) is 0 Å². The molecule has 0 fully saturated rings. The van der Waals surface area contributed by atoms with Crippen LogP contribution in [0.3, 0.4) is 0 Å². The minimum atomic E-state index is 0.357. The summed E-state index contributed by atoms with van der Waals surface area (Å²) < 4.78 is 10.5. The molecular formula is C11H14N4O2. The van der Waals surface area contributed by atoms with Gasteiger partial charge in [0.2, 0.25) is 5.95 Å². The van der Waals surface area contributed by atoms with E-state index in [0.717, 1.165) is 0 Å². The molecule has 0 atom stereocenters. The Morgan fingerprint density at radius 2 is 1.94 bits per heavy atom. The largest absolute Gasteiger partial charge is 0.493 e. The van der Waals surface area contributed by atoms with E-state index < -0.39 is 0 Å². The van der Waals surface area contributed by atoms with E-state index in [9.17, 15) is 0 Å². The van der Waals surface area contributed by atoms with E-state index >= 15 is 0 Å². The van der Waals surface area contributed by atoms with Gasteiger partial charge in [-0.15, -0.1) is 0 Å². The van der Waals surface area contributed by atoms with Crippen LogP contribution in [-0.4, -0.2) is 31.2 Å². The van der Waals surface area contributed by atoms with Gasteiger partial charge in [0, 0.05) is 7.05 Å². The van der Waals surface area contributed by atoms with Crippen molar-refractivity contribution in [3.63, 3.8) is 0 Å². The lowest BCUT2D eigenvalue weighted by molar-refractivity contribution is 0.358. The number of nitrogens with two attached hydrogens (primary N) is 1. The quantitative estimate of drug-likeness (QED) is 0.832. The molecule has 0 bridgehead atoms. The summed E-state index contributed by atoms with van der Waals surface area (Å²) in [5.41, 5.74) is 6.61. The van der Waals surface area contributed by atoms with Crippen molar-refractivity contribution in [2.75, 3.05) is 32.3 Å². The number of fused-ring (bicyclic) bond motifs is 1. The maximum atomic E-state index is 5.91. The van der Waals surface area contributed by atoms with Crippen molar-refractivity contribution in [2.24, 2.45) is 0 Å². The van der Waals surface area contributed by atoms with Crippen molar-refractivity contribution in [1.29, 1.82) is 0 Å². The second-order valence-electron chi connectivity index (χ2n) is 3.38. The average molecular weight is 234 g/mol. The number of hydrogen-bond donors (Lipinski definition) is 2. The number of methoxy groups -OCH3 is 2. The van der Waals surface area contributed by atoms with Gasteiger partial charge < -0.3 is 20.5 Å². The molecule has 0 radical (unpaired) electrons. The highest BCUT2D eigenvalue weighted by Gasteiger charge is 2.14. The van der Waals surface area contributed by atoms with E-state index in [2.05, 4.69) is 15.3 Å². The summed E-state index contributed by atoms with van der Waals surface area (Å²) in [4.78, 5) is 8.42. The fraction of sp³-hybridized carbons (Fsp3) is 0.273. The molecule has 0 amide bonds. The van der Waals surface area contributed by atoms with Gasteiger partial charge in [-0.2, -0.15) is 4.98 Å². The van der Waals surface area contributed by atoms with Crippen molar-refractivity contribution in [2.45, 2.75) is 0 Å². The Bertz CT molecular complexity index is 557. The number of hydrogen-bond acceptors (Lipinski definition) is 6. The summed E-state index contributed by atoms with van der Waals surface area (Å²) >= 11 is 0. The zero-order valence-corrected chi connectivity index (χ0v) is 9.94. The van der Waals surface area contributed by atoms with Crippen molar-refractivity contribution in [3.8, 4) is 11.5 Å². The van der Waals surface area contributed by atoms with Crippen LogP contribution in [0.25, 0.3) is 10.9 Å². The second kappa shape index (κ2) is 4.32. The number of aromatic nitrogens is 2. The van der Waals surface area contributed by atoms with Crippen LogP contribution in [0.5, 0.6) is 11.5 Å². The van der Waals surface area contributed by atoms with Crippen LogP contribution in [-0.2, 0) is 0 Å². The summed E-state index contributed by atoms with van der Waals surface area (Å²) in [6.45, 7) is 0. The minimum absolute atomic E-state index is 0.357. The van der Waals surface area contributed by atoms with Crippen molar-refractivity contribution >= 4 is 22.7 Å². The Labute approximate surface area is 98.8 Å². The van der Waals surface area contributed by atoms with Crippen molar-refractivity contribution in [1.82, 2.24) is 9.97 Å². The lowest BCUT2D eigenvalue weighted by Gasteiger charge is -2.12. The van der Waals surface area contributed by atoms with Crippen LogP contribution in [0, 0.1) is 0 Å². The highest BCUT2D eigenvalue weighted by Crippen LogP contribution is 2.37. The molecule has 0 saturated heterocycles. The first kappa shape index (κ1) is 11.3. The monoisotopic (exact) mass is 234 g/mol. The summed E-state index contributed by atoms with van der Waals surface area (Å²) in [5.74, 6) is 1.98. The fourth-order valence-corrected chi connectivity index (χ4v) is 1.68. The second-order valence-corrected chi connectivity index (χ2v) is 3.38. The van der Waals surface area contributed by atoms with Gasteiger partial charge in [-0.3, -0.25) is 0 Å². The third kappa shape index (κ3) is 1.77. The Hall–Kier alpha value is -2.24. The van der Waals surface area contributed by atoms with Crippen molar-refractivity contribution in [3.05, 3.63) is 12.1 Å². The predicted molar refractivity (Wildman–Crippen MR) is 66.6 cm³/mol. The Balaban J connectivity index is 2.80. The molecule has 6 nitrogen and oxygen atoms in total. The van der Waals surface area contributed by atoms with Gasteiger partial charge >= 0.3 is 0 Å². The first-order valence-corrected chi connectivity index (χ1v) is 5.07. The SMILES string of the molecule is CNc1nc(N)c2c(OC)c(OC)ccc2n1. The highest BCUT2D eigenvalue weighted by molar-refractivity contribution is 5.96. The zero-order valence-electron chi connectivity index (χ0n) is 9.94. The van der Waals surface area contributed by atoms with Crippen molar-refractivity contribution < 1.29 is 9.47 Å². The Morgan fingerprint density at radius 1 is 1.18 bits per heavy atom. The lowest BCUT2D eigenvalue weighted by Crippen LogP contribution is -2.03. The molecule has 1 aromatic heterocycles. The average Bonchev–Trinajstić information content (AvgIpc) is 2.36. The molecular weight excluding hydrogens is 220 g/mol. The number of rotatable bonds is 3. The van der Waals surface area contributed by atoms with Crippen LogP contribution in [0.4, 0.5) is 11.8 Å². The molecule has 90 valence electrons. The molecule has 0 aliphatic carbocycles. The van der Waals surface area contributed by atoms with Crippen LogP contribution >= 0.6 is 0 Å². The molecule has 0 saturated carbocycles. The number of nitrogen functional groups attached to an aromatic ring is 1. The number of nitrogens with one attached hydrogen (secondary N) is 1. The highest BCUT2D eigenvalue weighted by atomic mass is 16.5. The third-order valence-corrected chi connectivity index (χ3v) is 2.46. The third-order valence-electron chi connectivity index (χ3n) is 2.46. The first-order valence-electron chi connectivity index (χ1n) is 5.07. The molecule has 6 heteroatoms. The van der Waals surface area contributed by atoms with E-state index in [-0.39, 0.29) is 0 Å². The fourth-order valence-electron chi connectivity index (χ4n) is 1.68. The summed E-state index contributed by atoms with van der Waals surface area (Å²) in [7, 11) is 4.87. The maximum absolute atomic E-state index is 5.91. The number of ether oxygens (including phenoxy) is 2. The van der Waals surface area contributed by atoms with Gasteiger partial charge in [-0.05, 0) is 12.1 Å². The standard InChI is InChI=1S/C11H14N4O2/c1-13-11-14-6-4-5-7(16-2)9(17-3)8(6)10(12)15-11/h4-5H,1-3H3,(H3,12,13,14,15). The Morgan fingerprint density at radius 3 is 2.53 bits per heavy atom.